The number of halogens is 3. The molecule has 1 aromatic carbocycles. The smallest absolute Gasteiger partial charge is 0.381 e. The Kier molecular flexibility index (Phi) is 5.97. The molecular formula is C23H27F3N3O4S+. The summed E-state index contributed by atoms with van der Waals surface area (Å²) in [6.45, 7) is 3.98. The molecule has 184 valence electrons. The number of sulfonamides is 1. The first-order chi connectivity index (χ1) is 16.1. The number of aromatic nitrogens is 1. The molecule has 1 aromatic heterocycles. The number of anilines is 1. The highest BCUT2D eigenvalue weighted by Crippen LogP contribution is 2.33. The van der Waals surface area contributed by atoms with E-state index in [4.69, 9.17) is 4.74 Å². The number of likely N-dealkylation sites (tertiary alicyclic amines) is 1. The Morgan fingerprint density at radius 3 is 2.59 bits per heavy atom. The lowest BCUT2D eigenvalue weighted by atomic mass is 9.82. The van der Waals surface area contributed by atoms with E-state index in [0.29, 0.717) is 24.6 Å². The molecule has 0 saturated carbocycles. The fourth-order valence-electron chi connectivity index (χ4n) is 5.66. The number of fused-ring (bicyclic) bond motifs is 4. The minimum atomic E-state index is -4.67. The maximum atomic E-state index is 13.2. The van der Waals surface area contributed by atoms with E-state index in [2.05, 4.69) is 4.72 Å². The van der Waals surface area contributed by atoms with Crippen molar-refractivity contribution in [1.82, 2.24) is 4.57 Å². The molecule has 34 heavy (non-hydrogen) atoms. The van der Waals surface area contributed by atoms with Crippen LogP contribution >= 0.6 is 0 Å². The third-order valence-electron chi connectivity index (χ3n) is 7.26. The largest absolute Gasteiger partial charge is 0.416 e. The third-order valence-corrected chi connectivity index (χ3v) is 8.62. The molecule has 3 aliphatic heterocycles. The van der Waals surface area contributed by atoms with Crippen molar-refractivity contribution in [2.24, 2.45) is 5.92 Å². The van der Waals surface area contributed by atoms with Crippen LogP contribution in [-0.4, -0.2) is 45.3 Å². The summed E-state index contributed by atoms with van der Waals surface area (Å²) in [5.41, 5.74) is -0.790. The van der Waals surface area contributed by atoms with E-state index in [1.54, 1.807) is 15.5 Å². The number of benzene rings is 1. The Balaban J connectivity index is 1.39. The summed E-state index contributed by atoms with van der Waals surface area (Å²) in [5.74, 6) is 0.532. The molecule has 1 unspecified atom stereocenters. The Labute approximate surface area is 195 Å². The predicted molar refractivity (Wildman–Crippen MR) is 118 cm³/mol. The van der Waals surface area contributed by atoms with Gasteiger partial charge in [-0.25, -0.2) is 8.42 Å². The number of alkyl halides is 3. The Hall–Kier alpha value is -2.37. The van der Waals surface area contributed by atoms with Gasteiger partial charge >= 0.3 is 6.18 Å². The number of quaternary nitrogens is 1. The first-order valence-corrected chi connectivity index (χ1v) is 13.0. The van der Waals surface area contributed by atoms with E-state index in [9.17, 15) is 26.4 Å². The zero-order valence-corrected chi connectivity index (χ0v) is 19.3. The van der Waals surface area contributed by atoms with Gasteiger partial charge in [-0.05, 0) is 36.8 Å². The first kappa shape index (κ1) is 23.4. The van der Waals surface area contributed by atoms with Gasteiger partial charge in [0.15, 0.2) is 0 Å². The number of hydrogen-bond donors (Lipinski definition) is 2. The van der Waals surface area contributed by atoms with Crippen LogP contribution in [-0.2, 0) is 27.5 Å². The van der Waals surface area contributed by atoms with Crippen molar-refractivity contribution >= 4 is 15.7 Å². The molecule has 4 heterocycles. The van der Waals surface area contributed by atoms with Crippen LogP contribution in [0.5, 0.6) is 0 Å². The van der Waals surface area contributed by atoms with Gasteiger partial charge in [-0.1, -0.05) is 6.07 Å². The lowest BCUT2D eigenvalue weighted by molar-refractivity contribution is -0.937. The van der Waals surface area contributed by atoms with Crippen molar-refractivity contribution in [2.75, 3.05) is 31.0 Å². The van der Waals surface area contributed by atoms with Crippen molar-refractivity contribution in [3.8, 4) is 0 Å². The van der Waals surface area contributed by atoms with Gasteiger partial charge in [0.2, 0.25) is 0 Å². The fourth-order valence-corrected chi connectivity index (χ4v) is 6.76. The Morgan fingerprint density at radius 2 is 1.85 bits per heavy atom. The first-order valence-electron chi connectivity index (χ1n) is 11.5. The molecule has 2 bridgehead atoms. The van der Waals surface area contributed by atoms with Crippen molar-refractivity contribution in [1.29, 1.82) is 0 Å². The van der Waals surface area contributed by atoms with Crippen LogP contribution < -0.4 is 15.2 Å². The number of piperidine rings is 1. The average Bonchev–Trinajstić information content (AvgIpc) is 2.81. The van der Waals surface area contributed by atoms with E-state index in [1.807, 2.05) is 0 Å². The molecule has 5 rings (SSSR count). The number of hydrogen-bond acceptors (Lipinski definition) is 4. The summed E-state index contributed by atoms with van der Waals surface area (Å²) >= 11 is 0. The SMILES string of the molecule is O=c1c(NS(=O)(=O)c2cccc(C(F)(F)F)c2)ccc2n1C[C@H]1C[C@@H]2C[NH+](C2CCOCC2)C1. The molecule has 0 radical (unpaired) electrons. The van der Waals surface area contributed by atoms with Gasteiger partial charge < -0.3 is 14.2 Å². The second kappa shape index (κ2) is 8.69. The predicted octanol–water partition coefficient (Wildman–Crippen LogP) is 1.85. The standard InChI is InChI=1S/C23H26F3N3O4S/c24-23(25,26)17-2-1-3-19(11-17)34(31,32)27-20-4-5-21-16-10-15(13-29(21)22(20)30)12-28(14-16)18-6-8-33-9-7-18/h1-5,11,15-16,18,27H,6-10,12-14H2/p+1/t15-,16+/m0/s1. The van der Waals surface area contributed by atoms with Crippen LogP contribution in [0.3, 0.4) is 0 Å². The number of ether oxygens (including phenoxy) is 1. The van der Waals surface area contributed by atoms with E-state index in [-0.39, 0.29) is 11.6 Å². The van der Waals surface area contributed by atoms with Crippen LogP contribution in [0.15, 0.2) is 46.1 Å². The highest BCUT2D eigenvalue weighted by Gasteiger charge is 2.40. The summed E-state index contributed by atoms with van der Waals surface area (Å²) in [4.78, 5) is 14.2. The molecule has 2 fully saturated rings. The second-order valence-corrected chi connectivity index (χ2v) is 11.2. The van der Waals surface area contributed by atoms with Crippen LogP contribution in [0.4, 0.5) is 18.9 Å². The molecule has 11 heteroatoms. The van der Waals surface area contributed by atoms with E-state index in [1.165, 1.54) is 6.07 Å². The summed E-state index contributed by atoms with van der Waals surface area (Å²) in [6.07, 6.45) is -1.59. The van der Waals surface area contributed by atoms with E-state index in [0.717, 1.165) is 69.5 Å². The summed E-state index contributed by atoms with van der Waals surface area (Å²) in [6, 6.07) is 7.25. The number of nitrogens with zero attached hydrogens (tertiary/aromatic N) is 1. The van der Waals surface area contributed by atoms with Gasteiger partial charge in [-0.15, -0.1) is 0 Å². The zero-order valence-electron chi connectivity index (χ0n) is 18.5. The Bertz CT molecular complexity index is 1240. The van der Waals surface area contributed by atoms with Gasteiger partial charge in [0.05, 0.1) is 42.8 Å². The minimum absolute atomic E-state index is 0.158. The van der Waals surface area contributed by atoms with Crippen LogP contribution in [0.25, 0.3) is 0 Å². The molecule has 0 aliphatic carbocycles. The van der Waals surface area contributed by atoms with Gasteiger partial charge in [0.1, 0.15) is 5.69 Å². The number of rotatable bonds is 4. The lowest BCUT2D eigenvalue weighted by Crippen LogP contribution is -3.18. The molecule has 0 amide bonds. The molecular weight excluding hydrogens is 471 g/mol. The number of nitrogens with one attached hydrogen (secondary N) is 2. The molecule has 7 nitrogen and oxygen atoms in total. The second-order valence-electron chi connectivity index (χ2n) is 9.47. The van der Waals surface area contributed by atoms with Crippen LogP contribution in [0, 0.1) is 5.92 Å². The maximum Gasteiger partial charge on any atom is 0.416 e. The normalized spacial score (nSPS) is 25.6. The average molecular weight is 499 g/mol. The van der Waals surface area contributed by atoms with Gasteiger partial charge in [0, 0.05) is 36.9 Å². The van der Waals surface area contributed by atoms with E-state index < -0.39 is 32.2 Å². The van der Waals surface area contributed by atoms with Crippen molar-refractivity contribution in [3.05, 3.63) is 58.0 Å². The van der Waals surface area contributed by atoms with Crippen molar-refractivity contribution in [2.45, 2.75) is 48.8 Å². The van der Waals surface area contributed by atoms with Crippen molar-refractivity contribution in [3.63, 3.8) is 0 Å². The summed E-state index contributed by atoms with van der Waals surface area (Å²) < 4.78 is 74.0. The fraction of sp³-hybridized carbons (Fsp3) is 0.522. The highest BCUT2D eigenvalue weighted by atomic mass is 32.2. The topological polar surface area (TPSA) is 81.8 Å². The Morgan fingerprint density at radius 1 is 1.09 bits per heavy atom. The molecule has 3 aliphatic rings. The van der Waals surface area contributed by atoms with Crippen LogP contribution in [0.2, 0.25) is 0 Å². The number of pyridine rings is 1. The summed E-state index contributed by atoms with van der Waals surface area (Å²) in [5, 5.41) is 0. The lowest BCUT2D eigenvalue weighted by Gasteiger charge is -2.44. The minimum Gasteiger partial charge on any atom is -0.381 e. The molecule has 2 aromatic rings. The van der Waals surface area contributed by atoms with Gasteiger partial charge in [-0.3, -0.25) is 9.52 Å². The monoisotopic (exact) mass is 498 g/mol. The third kappa shape index (κ3) is 4.48. The van der Waals surface area contributed by atoms with Crippen LogP contribution in [0.1, 0.15) is 36.4 Å². The quantitative estimate of drug-likeness (QED) is 0.674. The van der Waals surface area contributed by atoms with Gasteiger partial charge in [-0.2, -0.15) is 13.2 Å². The van der Waals surface area contributed by atoms with Gasteiger partial charge in [0.25, 0.3) is 15.6 Å². The van der Waals surface area contributed by atoms with E-state index >= 15 is 0 Å². The van der Waals surface area contributed by atoms with Crippen molar-refractivity contribution < 1.29 is 31.2 Å². The molecule has 0 spiro atoms. The molecule has 2 saturated heterocycles. The maximum absolute atomic E-state index is 13.2. The molecule has 2 N–H and O–H groups in total. The zero-order chi connectivity index (χ0) is 24.1. The highest BCUT2D eigenvalue weighted by molar-refractivity contribution is 7.92. The molecule has 3 atom stereocenters. The summed E-state index contributed by atoms with van der Waals surface area (Å²) in [7, 11) is -4.37.